The van der Waals surface area contributed by atoms with Gasteiger partial charge in [0.25, 0.3) is 5.91 Å². The van der Waals surface area contributed by atoms with E-state index in [4.69, 9.17) is 11.0 Å². The third-order valence-corrected chi connectivity index (χ3v) is 4.50. The van der Waals surface area contributed by atoms with Gasteiger partial charge in [0.05, 0.1) is 17.5 Å². The Hall–Kier alpha value is -3.80. The largest absolute Gasteiger partial charge is 0.369 e. The Morgan fingerprint density at radius 3 is 2.75 bits per heavy atom. The van der Waals surface area contributed by atoms with Crippen molar-refractivity contribution in [3.63, 3.8) is 0 Å². The smallest absolute Gasteiger partial charge is 0.274 e. The lowest BCUT2D eigenvalue weighted by Crippen LogP contribution is -2.47. The molecule has 3 rings (SSSR count). The van der Waals surface area contributed by atoms with Crippen LogP contribution < -0.4 is 11.1 Å². The number of aliphatic imine (C=N–C) groups is 1. The molecule has 1 aliphatic rings. The second-order valence-corrected chi connectivity index (χ2v) is 6.57. The van der Waals surface area contributed by atoms with Crippen LogP contribution in [0.3, 0.4) is 0 Å². The second-order valence-electron chi connectivity index (χ2n) is 6.57. The molecule has 142 valence electrons. The van der Waals surface area contributed by atoms with Gasteiger partial charge in [-0.25, -0.2) is 14.4 Å². The Morgan fingerprint density at radius 2 is 2.14 bits per heavy atom. The van der Waals surface area contributed by atoms with Gasteiger partial charge in [-0.15, -0.1) is 0 Å². The third kappa shape index (κ3) is 3.53. The summed E-state index contributed by atoms with van der Waals surface area (Å²) in [5.74, 6) is -1.37. The van der Waals surface area contributed by atoms with Gasteiger partial charge in [0.15, 0.2) is 5.96 Å². The van der Waals surface area contributed by atoms with Crippen molar-refractivity contribution in [1.29, 1.82) is 5.26 Å². The first-order chi connectivity index (χ1) is 13.2. The van der Waals surface area contributed by atoms with Crippen LogP contribution in [0.4, 0.5) is 10.1 Å². The summed E-state index contributed by atoms with van der Waals surface area (Å²) in [5.41, 5.74) is 5.48. The average Bonchev–Trinajstić information content (AvgIpc) is 2.67. The van der Waals surface area contributed by atoms with E-state index >= 15 is 0 Å². The van der Waals surface area contributed by atoms with Gasteiger partial charge >= 0.3 is 0 Å². The number of amides is 2. The zero-order chi connectivity index (χ0) is 20.5. The zero-order valence-electron chi connectivity index (χ0n) is 15.2. The van der Waals surface area contributed by atoms with Crippen molar-refractivity contribution < 1.29 is 14.0 Å². The van der Waals surface area contributed by atoms with Crippen molar-refractivity contribution in [2.45, 2.75) is 18.9 Å². The molecule has 0 fully saturated rings. The number of anilines is 1. The number of halogens is 1. The van der Waals surface area contributed by atoms with E-state index in [1.165, 1.54) is 48.5 Å². The number of nitrogens with zero attached hydrogens (tertiary/aromatic N) is 4. The van der Waals surface area contributed by atoms with Crippen molar-refractivity contribution in [1.82, 2.24) is 9.88 Å². The molecule has 1 aliphatic heterocycles. The van der Waals surface area contributed by atoms with Gasteiger partial charge < -0.3 is 11.1 Å². The number of aromatic nitrogens is 1. The summed E-state index contributed by atoms with van der Waals surface area (Å²) in [6.45, 7) is 1.61. The van der Waals surface area contributed by atoms with Crippen molar-refractivity contribution in [2.24, 2.45) is 10.7 Å². The summed E-state index contributed by atoms with van der Waals surface area (Å²) in [6.07, 6.45) is 1.23. The van der Waals surface area contributed by atoms with Gasteiger partial charge in [0, 0.05) is 24.5 Å². The van der Waals surface area contributed by atoms with Crippen LogP contribution in [-0.4, -0.2) is 34.7 Å². The van der Waals surface area contributed by atoms with E-state index in [-0.39, 0.29) is 29.5 Å². The highest BCUT2D eigenvalue weighted by atomic mass is 19.1. The fraction of sp³-hybridized carbons (Fsp3) is 0.211. The lowest BCUT2D eigenvalue weighted by Gasteiger charge is -2.34. The minimum Gasteiger partial charge on any atom is -0.369 e. The topological polar surface area (TPSA) is 124 Å². The summed E-state index contributed by atoms with van der Waals surface area (Å²) in [7, 11) is 1.50. The fourth-order valence-electron chi connectivity index (χ4n) is 2.87. The number of benzene rings is 1. The van der Waals surface area contributed by atoms with Crippen LogP contribution in [-0.2, 0) is 10.3 Å². The van der Waals surface area contributed by atoms with Crippen LogP contribution in [0.15, 0.2) is 41.5 Å². The van der Waals surface area contributed by atoms with Crippen molar-refractivity contribution in [2.75, 3.05) is 12.4 Å². The average molecular weight is 380 g/mol. The minimum atomic E-state index is -1.19. The maximum Gasteiger partial charge on any atom is 0.274 e. The molecule has 28 heavy (non-hydrogen) atoms. The van der Waals surface area contributed by atoms with Gasteiger partial charge in [0.2, 0.25) is 5.91 Å². The zero-order valence-corrected chi connectivity index (χ0v) is 15.2. The minimum absolute atomic E-state index is 0.00521. The number of nitrogens with one attached hydrogen (secondary N) is 1. The summed E-state index contributed by atoms with van der Waals surface area (Å²) in [5, 5.41) is 11.4. The third-order valence-electron chi connectivity index (χ3n) is 4.50. The van der Waals surface area contributed by atoms with E-state index in [9.17, 15) is 14.0 Å². The summed E-state index contributed by atoms with van der Waals surface area (Å²) < 4.78 is 14.5. The fourth-order valence-corrected chi connectivity index (χ4v) is 2.87. The lowest BCUT2D eigenvalue weighted by molar-refractivity contribution is -0.128. The number of guanidine groups is 1. The molecule has 2 heterocycles. The van der Waals surface area contributed by atoms with Crippen molar-refractivity contribution in [3.05, 3.63) is 59.2 Å². The molecule has 1 atom stereocenters. The number of hydrogen-bond donors (Lipinski definition) is 2. The van der Waals surface area contributed by atoms with Gasteiger partial charge in [-0.1, -0.05) is 0 Å². The Balaban J connectivity index is 1.90. The van der Waals surface area contributed by atoms with Crippen molar-refractivity contribution >= 4 is 23.5 Å². The molecule has 9 heteroatoms. The van der Waals surface area contributed by atoms with Crippen LogP contribution in [0.25, 0.3) is 0 Å². The SMILES string of the molecule is CN1C(=O)CC(C)(c2cc(NC(=O)c3ccc(C#N)cn3)ccc2F)N=C1N. The van der Waals surface area contributed by atoms with E-state index in [2.05, 4.69) is 15.3 Å². The van der Waals surface area contributed by atoms with Crippen LogP contribution in [0.1, 0.15) is 35.0 Å². The highest BCUT2D eigenvalue weighted by Crippen LogP contribution is 2.35. The molecule has 3 N–H and O–H groups in total. The van der Waals surface area contributed by atoms with Gasteiger partial charge in [0.1, 0.15) is 17.6 Å². The molecular formula is C19H17FN6O2. The monoisotopic (exact) mass is 380 g/mol. The molecule has 0 spiro atoms. The molecule has 1 aromatic carbocycles. The van der Waals surface area contributed by atoms with E-state index in [1.54, 1.807) is 6.92 Å². The number of pyridine rings is 1. The Kier molecular flexibility index (Phi) is 4.79. The molecule has 1 aromatic heterocycles. The molecule has 8 nitrogen and oxygen atoms in total. The first-order valence-corrected chi connectivity index (χ1v) is 8.33. The van der Waals surface area contributed by atoms with Crippen LogP contribution >= 0.6 is 0 Å². The summed E-state index contributed by atoms with van der Waals surface area (Å²) in [6, 6.07) is 8.82. The van der Waals surface area contributed by atoms with Gasteiger partial charge in [-0.3, -0.25) is 14.5 Å². The molecule has 2 aromatic rings. The van der Waals surface area contributed by atoms with Crippen LogP contribution in [0.5, 0.6) is 0 Å². The summed E-state index contributed by atoms with van der Waals surface area (Å²) >= 11 is 0. The summed E-state index contributed by atoms with van der Waals surface area (Å²) in [4.78, 5) is 33.9. The molecule has 0 bridgehead atoms. The van der Waals surface area contributed by atoms with E-state index < -0.39 is 17.3 Å². The molecular weight excluding hydrogens is 363 g/mol. The molecule has 0 saturated heterocycles. The maximum absolute atomic E-state index is 14.5. The van der Waals surface area contributed by atoms with E-state index in [0.29, 0.717) is 11.3 Å². The molecule has 0 radical (unpaired) electrons. The quantitative estimate of drug-likeness (QED) is 0.839. The van der Waals surface area contributed by atoms with E-state index in [0.717, 1.165) is 0 Å². The molecule has 0 saturated carbocycles. The maximum atomic E-state index is 14.5. The number of nitriles is 1. The van der Waals surface area contributed by atoms with Crippen LogP contribution in [0, 0.1) is 17.1 Å². The number of carbonyl (C=O) groups is 2. The Bertz CT molecular complexity index is 1030. The normalized spacial score (nSPS) is 19.0. The predicted octanol–water partition coefficient (Wildman–Crippen LogP) is 1.74. The first kappa shape index (κ1) is 19.0. The lowest BCUT2D eigenvalue weighted by atomic mass is 9.87. The number of rotatable bonds is 3. The van der Waals surface area contributed by atoms with Crippen LogP contribution in [0.2, 0.25) is 0 Å². The number of hydrogen-bond acceptors (Lipinski definition) is 6. The highest BCUT2D eigenvalue weighted by molar-refractivity contribution is 6.03. The Morgan fingerprint density at radius 1 is 1.39 bits per heavy atom. The van der Waals surface area contributed by atoms with Crippen molar-refractivity contribution in [3.8, 4) is 6.07 Å². The second kappa shape index (κ2) is 7.08. The Labute approximate surface area is 160 Å². The van der Waals surface area contributed by atoms with E-state index in [1.807, 2.05) is 6.07 Å². The standard InChI is InChI=1S/C19H17FN6O2/c1-19(8-16(27)26(2)18(22)25-19)13-7-12(4-5-14(13)20)24-17(28)15-6-3-11(9-21)10-23-15/h3-7,10H,8H2,1-2H3,(H2,22,25)(H,24,28). The van der Waals surface area contributed by atoms with Gasteiger partial charge in [-0.2, -0.15) is 5.26 Å². The number of carbonyl (C=O) groups excluding carboxylic acids is 2. The first-order valence-electron chi connectivity index (χ1n) is 8.33. The molecule has 1 unspecified atom stereocenters. The predicted molar refractivity (Wildman–Crippen MR) is 99.7 cm³/mol. The van der Waals surface area contributed by atoms with Gasteiger partial charge in [-0.05, 0) is 37.3 Å². The molecule has 0 aliphatic carbocycles. The highest BCUT2D eigenvalue weighted by Gasteiger charge is 2.38. The molecule has 2 amide bonds. The number of nitrogens with two attached hydrogens (primary N) is 1.